The standard InChI is InChI=1S/C13H16N2OS/c14-15-12(11-5-2-7-16-11)10-4-1-3-9-6-8-17-13(9)10/h1,3-4,6,8,11-12,15H,2,5,7,14H2. The zero-order chi connectivity index (χ0) is 11.7. The average Bonchev–Trinajstić information content (AvgIpc) is 3.00. The van der Waals surface area contributed by atoms with E-state index >= 15 is 0 Å². The minimum absolute atomic E-state index is 0.0971. The van der Waals surface area contributed by atoms with E-state index in [1.807, 2.05) is 0 Å². The van der Waals surface area contributed by atoms with E-state index in [1.165, 1.54) is 15.6 Å². The number of hydrogen-bond donors (Lipinski definition) is 2. The van der Waals surface area contributed by atoms with Crippen LogP contribution in [0.5, 0.6) is 0 Å². The summed E-state index contributed by atoms with van der Waals surface area (Å²) >= 11 is 1.77. The summed E-state index contributed by atoms with van der Waals surface area (Å²) < 4.78 is 7.06. The molecule has 3 nitrogen and oxygen atoms in total. The predicted molar refractivity (Wildman–Crippen MR) is 70.9 cm³/mol. The Morgan fingerprint density at radius 3 is 3.12 bits per heavy atom. The largest absolute Gasteiger partial charge is 0.376 e. The van der Waals surface area contributed by atoms with Crippen LogP contribution in [-0.2, 0) is 4.74 Å². The second-order valence-electron chi connectivity index (χ2n) is 4.38. The third-order valence-electron chi connectivity index (χ3n) is 3.36. The molecule has 0 amide bonds. The van der Waals surface area contributed by atoms with E-state index in [0.717, 1.165) is 19.4 Å². The van der Waals surface area contributed by atoms with Gasteiger partial charge in [-0.15, -0.1) is 11.3 Å². The van der Waals surface area contributed by atoms with Gasteiger partial charge in [0, 0.05) is 11.3 Å². The second kappa shape index (κ2) is 4.74. The first-order valence-corrected chi connectivity index (χ1v) is 6.82. The SMILES string of the molecule is NNC(c1cccc2ccsc12)C1CCCO1. The minimum atomic E-state index is 0.0971. The predicted octanol–water partition coefficient (Wildman–Crippen LogP) is 2.58. The number of benzene rings is 1. The third-order valence-corrected chi connectivity index (χ3v) is 4.34. The fraction of sp³-hybridized carbons (Fsp3) is 0.385. The lowest BCUT2D eigenvalue weighted by Gasteiger charge is -2.23. The van der Waals surface area contributed by atoms with Crippen molar-refractivity contribution in [2.75, 3.05) is 6.61 Å². The van der Waals surface area contributed by atoms with Crippen molar-refractivity contribution in [1.82, 2.24) is 5.43 Å². The van der Waals surface area contributed by atoms with Gasteiger partial charge in [-0.3, -0.25) is 11.3 Å². The maximum absolute atomic E-state index is 5.75. The molecule has 4 heteroatoms. The van der Waals surface area contributed by atoms with Crippen molar-refractivity contribution in [2.45, 2.75) is 25.0 Å². The van der Waals surface area contributed by atoms with Gasteiger partial charge >= 0.3 is 0 Å². The summed E-state index contributed by atoms with van der Waals surface area (Å²) in [6.45, 7) is 0.850. The van der Waals surface area contributed by atoms with Gasteiger partial charge in [-0.1, -0.05) is 18.2 Å². The van der Waals surface area contributed by atoms with Crippen LogP contribution < -0.4 is 11.3 Å². The van der Waals surface area contributed by atoms with E-state index in [4.69, 9.17) is 10.6 Å². The van der Waals surface area contributed by atoms with Gasteiger partial charge in [0.15, 0.2) is 0 Å². The quantitative estimate of drug-likeness (QED) is 0.648. The van der Waals surface area contributed by atoms with Gasteiger partial charge < -0.3 is 4.74 Å². The molecule has 0 spiro atoms. The molecule has 1 aliphatic rings. The van der Waals surface area contributed by atoms with Crippen molar-refractivity contribution in [1.29, 1.82) is 0 Å². The smallest absolute Gasteiger partial charge is 0.0784 e. The Bertz CT molecular complexity index is 505. The maximum atomic E-state index is 5.75. The molecule has 1 saturated heterocycles. The van der Waals surface area contributed by atoms with E-state index < -0.39 is 0 Å². The molecule has 3 N–H and O–H groups in total. The van der Waals surface area contributed by atoms with E-state index in [9.17, 15) is 0 Å². The Kier molecular flexibility index (Phi) is 3.11. The molecule has 90 valence electrons. The zero-order valence-corrected chi connectivity index (χ0v) is 10.4. The second-order valence-corrected chi connectivity index (χ2v) is 5.30. The molecule has 17 heavy (non-hydrogen) atoms. The van der Waals surface area contributed by atoms with Gasteiger partial charge in [-0.25, -0.2) is 0 Å². The van der Waals surface area contributed by atoms with Gasteiger partial charge in [0.25, 0.3) is 0 Å². The van der Waals surface area contributed by atoms with Crippen LogP contribution in [0.15, 0.2) is 29.6 Å². The summed E-state index contributed by atoms with van der Waals surface area (Å²) in [5, 5.41) is 3.41. The van der Waals surface area contributed by atoms with Crippen LogP contribution in [0.2, 0.25) is 0 Å². The Morgan fingerprint density at radius 2 is 2.35 bits per heavy atom. The molecule has 3 rings (SSSR count). The first kappa shape index (κ1) is 11.2. The molecule has 2 heterocycles. The number of nitrogens with two attached hydrogens (primary N) is 1. The van der Waals surface area contributed by atoms with Crippen molar-refractivity contribution in [3.8, 4) is 0 Å². The lowest BCUT2D eigenvalue weighted by molar-refractivity contribution is 0.0788. The summed E-state index contributed by atoms with van der Waals surface area (Å²) in [4.78, 5) is 0. The van der Waals surface area contributed by atoms with Crippen molar-refractivity contribution in [3.63, 3.8) is 0 Å². The average molecular weight is 248 g/mol. The first-order chi connectivity index (χ1) is 8.40. The third kappa shape index (κ3) is 1.98. The van der Waals surface area contributed by atoms with Crippen molar-refractivity contribution in [2.24, 2.45) is 5.84 Å². The summed E-state index contributed by atoms with van der Waals surface area (Å²) in [6.07, 6.45) is 2.41. The molecule has 2 unspecified atom stereocenters. The molecule has 1 aromatic heterocycles. The van der Waals surface area contributed by atoms with Crippen molar-refractivity contribution >= 4 is 21.4 Å². The Morgan fingerprint density at radius 1 is 1.41 bits per heavy atom. The molecule has 2 atom stereocenters. The summed E-state index contributed by atoms with van der Waals surface area (Å²) in [7, 11) is 0. The minimum Gasteiger partial charge on any atom is -0.376 e. The monoisotopic (exact) mass is 248 g/mol. The highest BCUT2D eigenvalue weighted by atomic mass is 32.1. The van der Waals surface area contributed by atoms with Crippen LogP contribution in [0.25, 0.3) is 10.1 Å². The van der Waals surface area contributed by atoms with Crippen LogP contribution in [0.3, 0.4) is 0 Å². The number of ether oxygens (including phenoxy) is 1. The fourth-order valence-corrected chi connectivity index (χ4v) is 3.48. The Labute approximate surface area is 105 Å². The number of hydrogen-bond acceptors (Lipinski definition) is 4. The summed E-state index contributed by atoms with van der Waals surface area (Å²) in [5.41, 5.74) is 4.18. The van der Waals surface area contributed by atoms with Crippen LogP contribution >= 0.6 is 11.3 Å². The molecule has 0 bridgehead atoms. The van der Waals surface area contributed by atoms with E-state index in [2.05, 4.69) is 35.1 Å². The number of nitrogens with one attached hydrogen (secondary N) is 1. The summed E-state index contributed by atoms with van der Waals surface area (Å²) in [6, 6.07) is 8.61. The zero-order valence-electron chi connectivity index (χ0n) is 9.56. The van der Waals surface area contributed by atoms with Crippen LogP contribution in [0.4, 0.5) is 0 Å². The highest BCUT2D eigenvalue weighted by molar-refractivity contribution is 7.17. The molecule has 1 aliphatic heterocycles. The van der Waals surface area contributed by atoms with E-state index in [-0.39, 0.29) is 12.1 Å². The van der Waals surface area contributed by atoms with Crippen LogP contribution in [0, 0.1) is 0 Å². The fourth-order valence-electron chi connectivity index (χ4n) is 2.52. The van der Waals surface area contributed by atoms with Gasteiger partial charge in [0.1, 0.15) is 0 Å². The number of hydrazine groups is 1. The van der Waals surface area contributed by atoms with Crippen molar-refractivity contribution < 1.29 is 4.74 Å². The van der Waals surface area contributed by atoms with Gasteiger partial charge in [0.05, 0.1) is 12.1 Å². The lowest BCUT2D eigenvalue weighted by atomic mass is 9.99. The molecule has 1 aromatic carbocycles. The molecule has 0 aliphatic carbocycles. The number of rotatable bonds is 3. The molecule has 0 saturated carbocycles. The number of thiophene rings is 1. The van der Waals surface area contributed by atoms with Gasteiger partial charge in [0.2, 0.25) is 0 Å². The lowest BCUT2D eigenvalue weighted by Crippen LogP contribution is -2.36. The van der Waals surface area contributed by atoms with E-state index in [1.54, 1.807) is 11.3 Å². The van der Waals surface area contributed by atoms with E-state index in [0.29, 0.717) is 0 Å². The molecule has 1 fully saturated rings. The topological polar surface area (TPSA) is 47.3 Å². The summed E-state index contributed by atoms with van der Waals surface area (Å²) in [5.74, 6) is 5.72. The van der Waals surface area contributed by atoms with Crippen LogP contribution in [-0.4, -0.2) is 12.7 Å². The highest BCUT2D eigenvalue weighted by Gasteiger charge is 2.27. The maximum Gasteiger partial charge on any atom is 0.0784 e. The van der Waals surface area contributed by atoms with Crippen molar-refractivity contribution in [3.05, 3.63) is 35.2 Å². The Balaban J connectivity index is 2.02. The first-order valence-electron chi connectivity index (χ1n) is 5.94. The molecular weight excluding hydrogens is 232 g/mol. The number of fused-ring (bicyclic) bond motifs is 1. The molecular formula is C13H16N2OS. The van der Waals surface area contributed by atoms with Gasteiger partial charge in [-0.05, 0) is 35.2 Å². The molecule has 0 radical (unpaired) electrons. The Hall–Kier alpha value is -0.940. The van der Waals surface area contributed by atoms with Crippen LogP contribution in [0.1, 0.15) is 24.4 Å². The molecule has 2 aromatic rings. The van der Waals surface area contributed by atoms with Gasteiger partial charge in [-0.2, -0.15) is 0 Å². The highest BCUT2D eigenvalue weighted by Crippen LogP contribution is 2.33. The normalized spacial score (nSPS) is 22.1.